The van der Waals surface area contributed by atoms with Gasteiger partial charge in [0.15, 0.2) is 0 Å². The van der Waals surface area contributed by atoms with E-state index in [4.69, 9.17) is 0 Å². The highest BCUT2D eigenvalue weighted by molar-refractivity contribution is 5.79. The third-order valence-corrected chi connectivity index (χ3v) is 3.55. The number of rotatable bonds is 5. The molecule has 1 saturated heterocycles. The van der Waals surface area contributed by atoms with Crippen LogP contribution in [0.3, 0.4) is 0 Å². The first kappa shape index (κ1) is 14.5. The van der Waals surface area contributed by atoms with Gasteiger partial charge in [-0.2, -0.15) is 0 Å². The van der Waals surface area contributed by atoms with Crippen LogP contribution in [0.25, 0.3) is 0 Å². The highest BCUT2D eigenvalue weighted by Gasteiger charge is 2.28. The lowest BCUT2D eigenvalue weighted by Crippen LogP contribution is -2.45. The third kappa shape index (κ3) is 4.30. The summed E-state index contributed by atoms with van der Waals surface area (Å²) in [6.07, 6.45) is 2.24. The molecule has 1 rings (SSSR count). The van der Waals surface area contributed by atoms with E-state index in [0.29, 0.717) is 11.8 Å². The molecule has 1 heterocycles. The summed E-state index contributed by atoms with van der Waals surface area (Å²) in [6.45, 7) is 13.6. The number of carbonyl (C=O) groups is 1. The molecule has 0 N–H and O–H groups in total. The molecule has 17 heavy (non-hydrogen) atoms. The van der Waals surface area contributed by atoms with Crippen molar-refractivity contribution in [3.05, 3.63) is 0 Å². The fourth-order valence-electron chi connectivity index (χ4n) is 2.73. The molecule has 0 aromatic rings. The third-order valence-electron chi connectivity index (χ3n) is 3.55. The van der Waals surface area contributed by atoms with Crippen molar-refractivity contribution in [2.24, 2.45) is 11.8 Å². The van der Waals surface area contributed by atoms with Crippen molar-refractivity contribution >= 4 is 5.91 Å². The zero-order valence-corrected chi connectivity index (χ0v) is 11.9. The van der Waals surface area contributed by atoms with E-state index in [-0.39, 0.29) is 5.92 Å². The SMILES string of the molecule is CCN(CC)C(=O)C1CCCN(CC(C)C)C1. The molecule has 0 spiro atoms. The van der Waals surface area contributed by atoms with E-state index in [1.54, 1.807) is 0 Å². The zero-order chi connectivity index (χ0) is 12.8. The van der Waals surface area contributed by atoms with Gasteiger partial charge in [-0.25, -0.2) is 0 Å². The molecule has 100 valence electrons. The van der Waals surface area contributed by atoms with Crippen LogP contribution in [0, 0.1) is 11.8 Å². The van der Waals surface area contributed by atoms with Crippen LogP contribution in [-0.4, -0.2) is 48.4 Å². The van der Waals surface area contributed by atoms with Gasteiger partial charge in [0.2, 0.25) is 5.91 Å². The molecule has 1 atom stereocenters. The van der Waals surface area contributed by atoms with Crippen molar-refractivity contribution < 1.29 is 4.79 Å². The number of hydrogen-bond donors (Lipinski definition) is 0. The topological polar surface area (TPSA) is 23.6 Å². The van der Waals surface area contributed by atoms with Gasteiger partial charge in [0.1, 0.15) is 0 Å². The Morgan fingerprint density at radius 3 is 2.53 bits per heavy atom. The van der Waals surface area contributed by atoms with Gasteiger partial charge >= 0.3 is 0 Å². The fraction of sp³-hybridized carbons (Fsp3) is 0.929. The molecule has 0 radical (unpaired) electrons. The molecule has 1 aliphatic heterocycles. The average molecular weight is 240 g/mol. The van der Waals surface area contributed by atoms with Crippen LogP contribution < -0.4 is 0 Å². The first-order chi connectivity index (χ1) is 8.08. The summed E-state index contributed by atoms with van der Waals surface area (Å²) < 4.78 is 0. The molecule has 1 unspecified atom stereocenters. The maximum atomic E-state index is 12.3. The number of piperidine rings is 1. The molecule has 0 bridgehead atoms. The monoisotopic (exact) mass is 240 g/mol. The Hall–Kier alpha value is -0.570. The Morgan fingerprint density at radius 2 is 2.00 bits per heavy atom. The van der Waals surface area contributed by atoms with Crippen LogP contribution >= 0.6 is 0 Å². The molecule has 0 aliphatic carbocycles. The summed E-state index contributed by atoms with van der Waals surface area (Å²) in [5.74, 6) is 1.29. The number of hydrogen-bond acceptors (Lipinski definition) is 2. The van der Waals surface area contributed by atoms with Crippen LogP contribution in [0.15, 0.2) is 0 Å². The normalized spacial score (nSPS) is 21.8. The highest BCUT2D eigenvalue weighted by Crippen LogP contribution is 2.19. The second-order valence-corrected chi connectivity index (χ2v) is 5.50. The molecule has 0 aromatic heterocycles. The molecule has 3 nitrogen and oxygen atoms in total. The van der Waals surface area contributed by atoms with E-state index in [1.807, 2.05) is 4.90 Å². The highest BCUT2D eigenvalue weighted by atomic mass is 16.2. The maximum absolute atomic E-state index is 12.3. The standard InChI is InChI=1S/C14H28N2O/c1-5-16(6-2)14(17)13-8-7-9-15(11-13)10-12(3)4/h12-13H,5-11H2,1-4H3. The van der Waals surface area contributed by atoms with Crippen molar-refractivity contribution in [2.45, 2.75) is 40.5 Å². The Morgan fingerprint density at radius 1 is 1.35 bits per heavy atom. The Bertz CT molecular complexity index is 236. The largest absolute Gasteiger partial charge is 0.343 e. The van der Waals surface area contributed by atoms with Crippen LogP contribution in [0.5, 0.6) is 0 Å². The van der Waals surface area contributed by atoms with Gasteiger partial charge in [-0.15, -0.1) is 0 Å². The van der Waals surface area contributed by atoms with Gasteiger partial charge < -0.3 is 9.80 Å². The summed E-state index contributed by atoms with van der Waals surface area (Å²) in [5.41, 5.74) is 0. The van der Waals surface area contributed by atoms with Gasteiger partial charge in [-0.05, 0) is 39.2 Å². The van der Waals surface area contributed by atoms with Crippen LogP contribution in [0.2, 0.25) is 0 Å². The van der Waals surface area contributed by atoms with Crippen LogP contribution in [0.4, 0.5) is 0 Å². The zero-order valence-electron chi connectivity index (χ0n) is 11.9. The Labute approximate surface area is 106 Å². The molecule has 1 aliphatic rings. The second kappa shape index (κ2) is 7.00. The molecule has 3 heteroatoms. The van der Waals surface area contributed by atoms with Crippen LogP contribution in [0.1, 0.15) is 40.5 Å². The predicted molar refractivity (Wildman–Crippen MR) is 71.9 cm³/mol. The van der Waals surface area contributed by atoms with Gasteiger partial charge in [0, 0.05) is 26.2 Å². The number of amides is 1. The van der Waals surface area contributed by atoms with Crippen molar-refractivity contribution in [2.75, 3.05) is 32.7 Å². The number of likely N-dealkylation sites (tertiary alicyclic amines) is 1. The van der Waals surface area contributed by atoms with Gasteiger partial charge in [-0.3, -0.25) is 4.79 Å². The number of carbonyl (C=O) groups excluding carboxylic acids is 1. The molecular weight excluding hydrogens is 212 g/mol. The first-order valence-electron chi connectivity index (χ1n) is 7.09. The predicted octanol–water partition coefficient (Wildman–Crippen LogP) is 2.22. The second-order valence-electron chi connectivity index (χ2n) is 5.50. The van der Waals surface area contributed by atoms with E-state index >= 15 is 0 Å². The summed E-state index contributed by atoms with van der Waals surface area (Å²) in [5, 5.41) is 0. The lowest BCUT2D eigenvalue weighted by molar-refractivity contribution is -0.137. The van der Waals surface area contributed by atoms with Crippen molar-refractivity contribution in [1.82, 2.24) is 9.80 Å². The van der Waals surface area contributed by atoms with Crippen molar-refractivity contribution in [3.8, 4) is 0 Å². The van der Waals surface area contributed by atoms with Gasteiger partial charge in [-0.1, -0.05) is 13.8 Å². The minimum Gasteiger partial charge on any atom is -0.343 e. The summed E-state index contributed by atoms with van der Waals surface area (Å²) in [6, 6.07) is 0. The maximum Gasteiger partial charge on any atom is 0.226 e. The van der Waals surface area contributed by atoms with E-state index in [1.165, 1.54) is 13.0 Å². The van der Waals surface area contributed by atoms with Gasteiger partial charge in [0.25, 0.3) is 0 Å². The molecule has 1 amide bonds. The molecule has 1 fully saturated rings. The van der Waals surface area contributed by atoms with E-state index in [2.05, 4.69) is 32.6 Å². The molecule has 0 saturated carbocycles. The first-order valence-corrected chi connectivity index (χ1v) is 7.09. The fourth-order valence-corrected chi connectivity index (χ4v) is 2.73. The molecule has 0 aromatic carbocycles. The lowest BCUT2D eigenvalue weighted by atomic mass is 9.95. The minimum absolute atomic E-state index is 0.238. The Balaban J connectivity index is 2.50. The van der Waals surface area contributed by atoms with Crippen LogP contribution in [-0.2, 0) is 4.79 Å². The van der Waals surface area contributed by atoms with Crippen molar-refractivity contribution in [3.63, 3.8) is 0 Å². The summed E-state index contributed by atoms with van der Waals surface area (Å²) in [4.78, 5) is 16.7. The quantitative estimate of drug-likeness (QED) is 0.735. The minimum atomic E-state index is 0.238. The summed E-state index contributed by atoms with van der Waals surface area (Å²) >= 11 is 0. The van der Waals surface area contributed by atoms with Crippen molar-refractivity contribution in [1.29, 1.82) is 0 Å². The van der Waals surface area contributed by atoms with Gasteiger partial charge in [0.05, 0.1) is 5.92 Å². The lowest BCUT2D eigenvalue weighted by Gasteiger charge is -2.35. The van der Waals surface area contributed by atoms with E-state index in [9.17, 15) is 4.79 Å². The number of nitrogens with zero attached hydrogens (tertiary/aromatic N) is 2. The smallest absolute Gasteiger partial charge is 0.226 e. The van der Waals surface area contributed by atoms with E-state index in [0.717, 1.165) is 32.6 Å². The summed E-state index contributed by atoms with van der Waals surface area (Å²) in [7, 11) is 0. The van der Waals surface area contributed by atoms with E-state index < -0.39 is 0 Å². The molecular formula is C14H28N2O. The average Bonchev–Trinajstić information content (AvgIpc) is 2.30. The Kier molecular flexibility index (Phi) is 5.96.